The van der Waals surface area contributed by atoms with E-state index in [4.69, 9.17) is 4.42 Å². The second-order valence-corrected chi connectivity index (χ2v) is 8.54. The Kier molecular flexibility index (Phi) is 7.90. The summed E-state index contributed by atoms with van der Waals surface area (Å²) in [4.78, 5) is 37.0. The summed E-state index contributed by atoms with van der Waals surface area (Å²) in [6.07, 6.45) is 3.71. The Bertz CT molecular complexity index is 827. The Morgan fingerprint density at radius 1 is 1.03 bits per heavy atom. The maximum Gasteiger partial charge on any atom is 0.287 e. The number of benzene rings is 1. The molecular weight excluding hydrogens is 390 g/mol. The van der Waals surface area contributed by atoms with Gasteiger partial charge in [-0.15, -0.1) is 0 Å². The fourth-order valence-electron chi connectivity index (χ4n) is 2.54. The number of nitrogens with one attached hydrogen (secondary N) is 3. The maximum atomic E-state index is 12.5. The number of furan rings is 1. The molecule has 1 heterocycles. The summed E-state index contributed by atoms with van der Waals surface area (Å²) in [5, 5.41) is 2.63. The number of carbonyl (C=O) groups is 3. The Morgan fingerprint density at radius 3 is 2.28 bits per heavy atom. The van der Waals surface area contributed by atoms with Gasteiger partial charge in [-0.2, -0.15) is 11.8 Å². The second kappa shape index (κ2) is 10.2. The van der Waals surface area contributed by atoms with Crippen LogP contribution in [0, 0.1) is 0 Å². The van der Waals surface area contributed by atoms with Crippen LogP contribution in [0.2, 0.25) is 0 Å². The van der Waals surface area contributed by atoms with E-state index in [0.717, 1.165) is 5.56 Å². The van der Waals surface area contributed by atoms with Gasteiger partial charge in [0.25, 0.3) is 17.7 Å². The molecule has 0 saturated heterocycles. The molecule has 0 spiro atoms. The van der Waals surface area contributed by atoms with E-state index in [1.54, 1.807) is 30.0 Å². The molecule has 0 radical (unpaired) electrons. The van der Waals surface area contributed by atoms with Gasteiger partial charge in [-0.3, -0.25) is 25.2 Å². The van der Waals surface area contributed by atoms with Gasteiger partial charge in [-0.1, -0.05) is 32.9 Å². The van der Waals surface area contributed by atoms with Crippen LogP contribution in [0.3, 0.4) is 0 Å². The predicted octanol–water partition coefficient (Wildman–Crippen LogP) is 2.89. The molecule has 156 valence electrons. The van der Waals surface area contributed by atoms with E-state index in [-0.39, 0.29) is 11.2 Å². The van der Waals surface area contributed by atoms with E-state index in [1.165, 1.54) is 12.3 Å². The van der Waals surface area contributed by atoms with Crippen molar-refractivity contribution in [3.8, 4) is 0 Å². The predicted molar refractivity (Wildman–Crippen MR) is 114 cm³/mol. The van der Waals surface area contributed by atoms with Crippen molar-refractivity contribution < 1.29 is 18.8 Å². The van der Waals surface area contributed by atoms with Crippen molar-refractivity contribution in [1.82, 2.24) is 16.2 Å². The molecular formula is C21H27N3O4S. The van der Waals surface area contributed by atoms with Crippen molar-refractivity contribution in [3.63, 3.8) is 0 Å². The molecule has 7 nitrogen and oxygen atoms in total. The molecule has 3 N–H and O–H groups in total. The van der Waals surface area contributed by atoms with Crippen LogP contribution in [-0.2, 0) is 10.2 Å². The Hall–Kier alpha value is -2.74. The highest BCUT2D eigenvalue weighted by molar-refractivity contribution is 7.98. The fourth-order valence-corrected chi connectivity index (χ4v) is 3.01. The van der Waals surface area contributed by atoms with Crippen LogP contribution in [0.4, 0.5) is 0 Å². The summed E-state index contributed by atoms with van der Waals surface area (Å²) in [7, 11) is 0. The molecule has 1 aromatic heterocycles. The first-order valence-electron chi connectivity index (χ1n) is 9.26. The lowest BCUT2D eigenvalue weighted by molar-refractivity contribution is -0.123. The highest BCUT2D eigenvalue weighted by Gasteiger charge is 2.23. The monoisotopic (exact) mass is 417 g/mol. The van der Waals surface area contributed by atoms with Crippen LogP contribution >= 0.6 is 11.8 Å². The standard InChI is InChI=1S/C21H27N3O4S/c1-21(2,3)15-9-7-14(8-10-15)18(25)23-24-19(26)16(11-13-29-4)22-20(27)17-6-5-12-28-17/h5-10,12,16H,11,13H2,1-4H3,(H,22,27)(H,23,25)(H,24,26). The van der Waals surface area contributed by atoms with Crippen molar-refractivity contribution >= 4 is 29.5 Å². The average molecular weight is 418 g/mol. The summed E-state index contributed by atoms with van der Waals surface area (Å²) in [6.45, 7) is 6.27. The largest absolute Gasteiger partial charge is 0.459 e. The number of hydrazine groups is 1. The summed E-state index contributed by atoms with van der Waals surface area (Å²) >= 11 is 1.55. The van der Waals surface area contributed by atoms with E-state index in [1.807, 2.05) is 18.4 Å². The lowest BCUT2D eigenvalue weighted by Gasteiger charge is -2.19. The van der Waals surface area contributed by atoms with E-state index in [9.17, 15) is 14.4 Å². The fraction of sp³-hybridized carbons (Fsp3) is 0.381. The van der Waals surface area contributed by atoms with Gasteiger partial charge < -0.3 is 9.73 Å². The molecule has 3 amide bonds. The Balaban J connectivity index is 1.95. The van der Waals surface area contributed by atoms with Crippen molar-refractivity contribution in [2.45, 2.75) is 38.6 Å². The van der Waals surface area contributed by atoms with E-state index < -0.39 is 23.8 Å². The van der Waals surface area contributed by atoms with Crippen molar-refractivity contribution in [2.75, 3.05) is 12.0 Å². The number of hydrogen-bond acceptors (Lipinski definition) is 5. The zero-order valence-corrected chi connectivity index (χ0v) is 17.9. The number of amides is 3. The van der Waals surface area contributed by atoms with Crippen molar-refractivity contribution in [1.29, 1.82) is 0 Å². The van der Waals surface area contributed by atoms with Gasteiger partial charge in [0, 0.05) is 5.56 Å². The maximum absolute atomic E-state index is 12.5. The van der Waals surface area contributed by atoms with E-state index in [0.29, 0.717) is 17.7 Å². The van der Waals surface area contributed by atoms with Crippen LogP contribution in [0.5, 0.6) is 0 Å². The molecule has 2 aromatic rings. The lowest BCUT2D eigenvalue weighted by atomic mass is 9.87. The van der Waals surface area contributed by atoms with Gasteiger partial charge >= 0.3 is 0 Å². The normalized spacial score (nSPS) is 12.1. The molecule has 0 bridgehead atoms. The minimum Gasteiger partial charge on any atom is -0.459 e. The van der Waals surface area contributed by atoms with E-state index >= 15 is 0 Å². The molecule has 2 rings (SSSR count). The van der Waals surface area contributed by atoms with Gasteiger partial charge in [0.1, 0.15) is 6.04 Å². The SMILES string of the molecule is CSCCC(NC(=O)c1ccco1)C(=O)NNC(=O)c1ccc(C(C)(C)C)cc1. The topological polar surface area (TPSA) is 100 Å². The van der Waals surface area contributed by atoms with Gasteiger partial charge in [0.15, 0.2) is 5.76 Å². The molecule has 0 fully saturated rings. The Morgan fingerprint density at radius 2 is 1.72 bits per heavy atom. The van der Waals surface area contributed by atoms with Crippen LogP contribution in [-0.4, -0.2) is 35.8 Å². The molecule has 8 heteroatoms. The van der Waals surface area contributed by atoms with Crippen LogP contribution in [0.1, 0.15) is 53.7 Å². The van der Waals surface area contributed by atoms with Crippen LogP contribution < -0.4 is 16.2 Å². The molecule has 0 aliphatic heterocycles. The molecule has 1 atom stereocenters. The van der Waals surface area contributed by atoms with Gasteiger partial charge in [-0.05, 0) is 53.7 Å². The van der Waals surface area contributed by atoms with Gasteiger partial charge in [0.2, 0.25) is 0 Å². The third-order valence-corrected chi connectivity index (χ3v) is 4.93. The smallest absolute Gasteiger partial charge is 0.287 e. The zero-order chi connectivity index (χ0) is 21.4. The number of thioether (sulfide) groups is 1. The molecule has 0 aliphatic rings. The number of hydrogen-bond donors (Lipinski definition) is 3. The third kappa shape index (κ3) is 6.67. The first kappa shape index (κ1) is 22.5. The minimum atomic E-state index is -0.802. The van der Waals surface area contributed by atoms with Gasteiger partial charge in [-0.25, -0.2) is 0 Å². The van der Waals surface area contributed by atoms with Crippen LogP contribution in [0.25, 0.3) is 0 Å². The second-order valence-electron chi connectivity index (χ2n) is 7.56. The number of carbonyl (C=O) groups excluding carboxylic acids is 3. The quantitative estimate of drug-likeness (QED) is 0.602. The number of rotatable bonds is 7. The summed E-state index contributed by atoms with van der Waals surface area (Å²) in [5.74, 6) is -0.632. The van der Waals surface area contributed by atoms with Crippen molar-refractivity contribution in [2.24, 2.45) is 0 Å². The molecule has 1 unspecified atom stereocenters. The van der Waals surface area contributed by atoms with Gasteiger partial charge in [0.05, 0.1) is 6.26 Å². The molecule has 29 heavy (non-hydrogen) atoms. The molecule has 0 aliphatic carbocycles. The minimum absolute atomic E-state index is 0.0140. The van der Waals surface area contributed by atoms with E-state index in [2.05, 4.69) is 36.9 Å². The highest BCUT2D eigenvalue weighted by Crippen LogP contribution is 2.22. The third-order valence-electron chi connectivity index (χ3n) is 4.29. The Labute approximate surface area is 175 Å². The van der Waals surface area contributed by atoms with Crippen molar-refractivity contribution in [3.05, 3.63) is 59.5 Å². The summed E-state index contributed by atoms with van der Waals surface area (Å²) < 4.78 is 5.05. The summed E-state index contributed by atoms with van der Waals surface area (Å²) in [5.41, 5.74) is 6.32. The lowest BCUT2D eigenvalue weighted by Crippen LogP contribution is -2.52. The first-order valence-corrected chi connectivity index (χ1v) is 10.7. The first-order chi connectivity index (χ1) is 13.7. The average Bonchev–Trinajstić information content (AvgIpc) is 3.23. The zero-order valence-electron chi connectivity index (χ0n) is 17.1. The highest BCUT2D eigenvalue weighted by atomic mass is 32.2. The molecule has 1 aromatic carbocycles. The molecule has 0 saturated carbocycles. The summed E-state index contributed by atoms with van der Waals surface area (Å²) in [6, 6.07) is 9.52. The van der Waals surface area contributed by atoms with Crippen LogP contribution in [0.15, 0.2) is 47.1 Å².